The van der Waals surface area contributed by atoms with E-state index < -0.39 is 5.97 Å². The van der Waals surface area contributed by atoms with E-state index >= 15 is 0 Å². The Labute approximate surface area is 141 Å². The molecule has 2 aromatic carbocycles. The SMILES string of the molecule is COc1cc(/C=C\C#N)ccc1OC(=O)c1c(C)cc(C)cc1C. The first-order chi connectivity index (χ1) is 11.5. The van der Waals surface area contributed by atoms with Crippen LogP contribution in [0.1, 0.15) is 32.6 Å². The molecule has 0 amide bonds. The minimum atomic E-state index is -0.413. The van der Waals surface area contributed by atoms with Gasteiger partial charge in [-0.2, -0.15) is 5.26 Å². The van der Waals surface area contributed by atoms with Crippen molar-refractivity contribution >= 4 is 12.0 Å². The van der Waals surface area contributed by atoms with E-state index in [2.05, 4.69) is 0 Å². The zero-order chi connectivity index (χ0) is 17.7. The third-order valence-corrected chi connectivity index (χ3v) is 3.62. The molecule has 0 heterocycles. The first-order valence-electron chi connectivity index (χ1n) is 7.50. The lowest BCUT2D eigenvalue weighted by atomic mass is 10.00. The van der Waals surface area contributed by atoms with E-state index in [0.29, 0.717) is 17.1 Å². The van der Waals surface area contributed by atoms with E-state index in [1.54, 1.807) is 24.3 Å². The van der Waals surface area contributed by atoms with E-state index in [9.17, 15) is 4.79 Å². The quantitative estimate of drug-likeness (QED) is 0.476. The average Bonchev–Trinajstić information content (AvgIpc) is 2.52. The number of hydrogen-bond acceptors (Lipinski definition) is 4. The first-order valence-corrected chi connectivity index (χ1v) is 7.50. The summed E-state index contributed by atoms with van der Waals surface area (Å²) in [4.78, 5) is 12.6. The van der Waals surface area contributed by atoms with Gasteiger partial charge in [0.05, 0.1) is 18.7 Å². The number of aryl methyl sites for hydroxylation is 3. The van der Waals surface area contributed by atoms with Crippen molar-refractivity contribution in [3.8, 4) is 17.6 Å². The molecule has 0 aliphatic carbocycles. The molecule has 0 aliphatic rings. The maximum Gasteiger partial charge on any atom is 0.344 e. The lowest BCUT2D eigenvalue weighted by Crippen LogP contribution is -2.13. The van der Waals surface area contributed by atoms with Crippen molar-refractivity contribution in [2.24, 2.45) is 0 Å². The van der Waals surface area contributed by atoms with Gasteiger partial charge in [-0.25, -0.2) is 4.79 Å². The maximum atomic E-state index is 12.6. The molecule has 0 atom stereocenters. The van der Waals surface area contributed by atoms with Gasteiger partial charge < -0.3 is 9.47 Å². The van der Waals surface area contributed by atoms with Crippen LogP contribution < -0.4 is 9.47 Å². The predicted octanol–water partition coefficient (Wildman–Crippen LogP) is 4.38. The van der Waals surface area contributed by atoms with Crippen LogP contribution in [0, 0.1) is 32.1 Å². The lowest BCUT2D eigenvalue weighted by Gasteiger charge is -2.13. The number of carbonyl (C=O) groups excluding carboxylic acids is 1. The molecule has 0 spiro atoms. The summed E-state index contributed by atoms with van der Waals surface area (Å²) in [6.07, 6.45) is 3.03. The standard InChI is InChI=1S/C20H19NO3/c1-13-10-14(2)19(15(3)11-13)20(22)24-17-8-7-16(6-5-9-21)12-18(17)23-4/h5-8,10-12H,1-4H3/b6-5-. The number of hydrogen-bond donors (Lipinski definition) is 0. The Hall–Kier alpha value is -3.06. The van der Waals surface area contributed by atoms with Crippen LogP contribution in [0.3, 0.4) is 0 Å². The highest BCUT2D eigenvalue weighted by atomic mass is 16.6. The predicted molar refractivity (Wildman–Crippen MR) is 93.3 cm³/mol. The molecular weight excluding hydrogens is 302 g/mol. The highest BCUT2D eigenvalue weighted by Gasteiger charge is 2.17. The Morgan fingerprint density at radius 3 is 2.33 bits per heavy atom. The molecule has 0 saturated carbocycles. The molecule has 0 saturated heterocycles. The molecule has 0 fully saturated rings. The molecule has 0 aromatic heterocycles. The number of nitrogens with zero attached hydrogens (tertiary/aromatic N) is 1. The van der Waals surface area contributed by atoms with Crippen molar-refractivity contribution in [2.75, 3.05) is 7.11 Å². The van der Waals surface area contributed by atoms with Crippen LogP contribution in [0.15, 0.2) is 36.4 Å². The summed E-state index contributed by atoms with van der Waals surface area (Å²) in [5.74, 6) is 0.366. The fourth-order valence-electron chi connectivity index (χ4n) is 2.66. The molecule has 0 N–H and O–H groups in total. The lowest BCUT2D eigenvalue weighted by molar-refractivity contribution is 0.0728. The molecule has 24 heavy (non-hydrogen) atoms. The summed E-state index contributed by atoms with van der Waals surface area (Å²) in [5, 5.41) is 8.59. The molecule has 2 rings (SSSR count). The van der Waals surface area contributed by atoms with Gasteiger partial charge >= 0.3 is 5.97 Å². The van der Waals surface area contributed by atoms with Gasteiger partial charge in [-0.15, -0.1) is 0 Å². The Balaban J connectivity index is 2.33. The van der Waals surface area contributed by atoms with Crippen LogP contribution in [-0.4, -0.2) is 13.1 Å². The largest absolute Gasteiger partial charge is 0.493 e. The zero-order valence-electron chi connectivity index (χ0n) is 14.2. The van der Waals surface area contributed by atoms with E-state index in [1.165, 1.54) is 13.2 Å². The fourth-order valence-corrected chi connectivity index (χ4v) is 2.66. The number of rotatable bonds is 4. The fraction of sp³-hybridized carbons (Fsp3) is 0.200. The Morgan fingerprint density at radius 2 is 1.75 bits per heavy atom. The van der Waals surface area contributed by atoms with Gasteiger partial charge in [-0.1, -0.05) is 23.8 Å². The second-order valence-electron chi connectivity index (χ2n) is 5.54. The number of esters is 1. The highest BCUT2D eigenvalue weighted by Crippen LogP contribution is 2.30. The third kappa shape index (κ3) is 3.82. The molecule has 0 aliphatic heterocycles. The van der Waals surface area contributed by atoms with Crippen LogP contribution in [0.25, 0.3) is 6.08 Å². The zero-order valence-corrected chi connectivity index (χ0v) is 14.2. The van der Waals surface area contributed by atoms with Gasteiger partial charge in [0.15, 0.2) is 11.5 Å². The van der Waals surface area contributed by atoms with Gasteiger partial charge in [0.1, 0.15) is 0 Å². The van der Waals surface area contributed by atoms with Crippen molar-refractivity contribution in [1.29, 1.82) is 5.26 Å². The van der Waals surface area contributed by atoms with Gasteiger partial charge in [-0.05, 0) is 55.7 Å². The smallest absolute Gasteiger partial charge is 0.344 e. The monoisotopic (exact) mass is 321 g/mol. The molecule has 0 radical (unpaired) electrons. The molecule has 0 unspecified atom stereocenters. The average molecular weight is 321 g/mol. The highest BCUT2D eigenvalue weighted by molar-refractivity contribution is 5.94. The van der Waals surface area contributed by atoms with Gasteiger partial charge in [0.2, 0.25) is 0 Å². The third-order valence-electron chi connectivity index (χ3n) is 3.62. The maximum absolute atomic E-state index is 12.6. The normalized spacial score (nSPS) is 10.5. The van der Waals surface area contributed by atoms with Crippen molar-refractivity contribution in [3.05, 3.63) is 64.2 Å². The van der Waals surface area contributed by atoms with Crippen LogP contribution >= 0.6 is 0 Å². The Morgan fingerprint density at radius 1 is 1.08 bits per heavy atom. The second kappa shape index (κ2) is 7.47. The first kappa shape index (κ1) is 17.3. The molecule has 122 valence electrons. The number of allylic oxidation sites excluding steroid dienone is 1. The van der Waals surface area contributed by atoms with Gasteiger partial charge in [0.25, 0.3) is 0 Å². The summed E-state index contributed by atoms with van der Waals surface area (Å²) in [6, 6.07) is 11.0. The van der Waals surface area contributed by atoms with E-state index in [-0.39, 0.29) is 0 Å². The summed E-state index contributed by atoms with van der Waals surface area (Å²) >= 11 is 0. The molecule has 2 aromatic rings. The van der Waals surface area contributed by atoms with Crippen molar-refractivity contribution < 1.29 is 14.3 Å². The summed E-state index contributed by atoms with van der Waals surface area (Å²) in [5.41, 5.74) is 4.22. The Kier molecular flexibility index (Phi) is 5.39. The minimum absolute atomic E-state index is 0.344. The number of nitriles is 1. The van der Waals surface area contributed by atoms with Crippen molar-refractivity contribution in [2.45, 2.75) is 20.8 Å². The van der Waals surface area contributed by atoms with Crippen LogP contribution in [0.4, 0.5) is 0 Å². The molecule has 4 nitrogen and oxygen atoms in total. The van der Waals surface area contributed by atoms with E-state index in [4.69, 9.17) is 14.7 Å². The molecule has 4 heteroatoms. The van der Waals surface area contributed by atoms with Crippen LogP contribution in [-0.2, 0) is 0 Å². The van der Waals surface area contributed by atoms with Crippen LogP contribution in [0.5, 0.6) is 11.5 Å². The van der Waals surface area contributed by atoms with E-state index in [0.717, 1.165) is 22.3 Å². The Bertz CT molecular complexity index is 821. The summed E-state index contributed by atoms with van der Waals surface area (Å²) in [6.45, 7) is 5.78. The van der Waals surface area contributed by atoms with E-state index in [1.807, 2.05) is 39.0 Å². The number of ether oxygens (including phenoxy) is 2. The number of benzene rings is 2. The molecule has 0 bridgehead atoms. The van der Waals surface area contributed by atoms with Gasteiger partial charge in [-0.3, -0.25) is 0 Å². The van der Waals surface area contributed by atoms with Gasteiger partial charge in [0, 0.05) is 6.08 Å². The topological polar surface area (TPSA) is 59.3 Å². The number of methoxy groups -OCH3 is 1. The van der Waals surface area contributed by atoms with Crippen molar-refractivity contribution in [1.82, 2.24) is 0 Å². The number of carbonyl (C=O) groups is 1. The minimum Gasteiger partial charge on any atom is -0.493 e. The van der Waals surface area contributed by atoms with Crippen molar-refractivity contribution in [3.63, 3.8) is 0 Å². The van der Waals surface area contributed by atoms with Crippen LogP contribution in [0.2, 0.25) is 0 Å². The molecular formula is C20H19NO3. The summed E-state index contributed by atoms with van der Waals surface area (Å²) in [7, 11) is 1.51. The second-order valence-corrected chi connectivity index (χ2v) is 5.54. The summed E-state index contributed by atoms with van der Waals surface area (Å²) < 4.78 is 10.8.